The van der Waals surface area contributed by atoms with Gasteiger partial charge in [0.15, 0.2) is 0 Å². The first kappa shape index (κ1) is 21.9. The number of carbonyl (C=O) groups is 1. The van der Waals surface area contributed by atoms with Crippen LogP contribution in [0.4, 0.5) is 23.0 Å². The summed E-state index contributed by atoms with van der Waals surface area (Å²) in [4.78, 5) is 36.1. The molecule has 0 unspecified atom stereocenters. The van der Waals surface area contributed by atoms with E-state index in [2.05, 4.69) is 25.6 Å². The van der Waals surface area contributed by atoms with E-state index in [4.69, 9.17) is 28.5 Å². The molecule has 0 radical (unpaired) electrons. The Morgan fingerprint density at radius 1 is 1.19 bits per heavy atom. The molecular formula is C19H13Cl2N7O3. The zero-order chi connectivity index (χ0) is 22.7. The molecule has 2 N–H and O–H groups in total. The maximum absolute atomic E-state index is 12.7. The minimum atomic E-state index is -0.784. The fraction of sp³-hybridized carbons (Fsp3) is 0.105. The number of aromatic nitrogens is 3. The summed E-state index contributed by atoms with van der Waals surface area (Å²) in [6, 6.07) is 7.28. The number of carbonyl (C=O) groups excluding carboxylic acids is 1. The third kappa shape index (κ3) is 4.85. The van der Waals surface area contributed by atoms with Gasteiger partial charge in [-0.15, -0.1) is 0 Å². The molecule has 0 fully saturated rings. The van der Waals surface area contributed by atoms with Crippen LogP contribution in [-0.2, 0) is 0 Å². The van der Waals surface area contributed by atoms with Crippen molar-refractivity contribution in [3.8, 4) is 6.07 Å². The van der Waals surface area contributed by atoms with Crippen molar-refractivity contribution in [1.29, 1.82) is 5.26 Å². The van der Waals surface area contributed by atoms with Gasteiger partial charge in [0.2, 0.25) is 5.82 Å². The molecule has 0 spiro atoms. The van der Waals surface area contributed by atoms with Crippen LogP contribution in [0.5, 0.6) is 0 Å². The first-order valence-electron chi connectivity index (χ1n) is 8.62. The van der Waals surface area contributed by atoms with E-state index in [9.17, 15) is 14.9 Å². The van der Waals surface area contributed by atoms with Gasteiger partial charge in [0.1, 0.15) is 17.3 Å². The molecule has 31 heavy (non-hydrogen) atoms. The van der Waals surface area contributed by atoms with E-state index in [1.807, 2.05) is 6.07 Å². The lowest BCUT2D eigenvalue weighted by Crippen LogP contribution is -2.15. The highest BCUT2D eigenvalue weighted by Gasteiger charge is 2.25. The van der Waals surface area contributed by atoms with E-state index in [0.29, 0.717) is 17.3 Å². The number of nitro groups is 1. The number of nitrogens with one attached hydrogen (secondary N) is 2. The van der Waals surface area contributed by atoms with Gasteiger partial charge < -0.3 is 10.6 Å². The summed E-state index contributed by atoms with van der Waals surface area (Å²) in [6.45, 7) is 3.44. The number of nitriles is 1. The highest BCUT2D eigenvalue weighted by Crippen LogP contribution is 2.34. The number of hydrogen-bond donors (Lipinski definition) is 2. The van der Waals surface area contributed by atoms with E-state index in [0.717, 1.165) is 0 Å². The van der Waals surface area contributed by atoms with Crippen LogP contribution in [0.3, 0.4) is 0 Å². The van der Waals surface area contributed by atoms with Crippen LogP contribution >= 0.6 is 23.2 Å². The van der Waals surface area contributed by atoms with E-state index in [1.54, 1.807) is 19.9 Å². The van der Waals surface area contributed by atoms with Gasteiger partial charge in [-0.1, -0.05) is 23.2 Å². The lowest BCUT2D eigenvalue weighted by Gasteiger charge is -2.12. The van der Waals surface area contributed by atoms with Crippen molar-refractivity contribution in [1.82, 2.24) is 15.0 Å². The normalized spacial score (nSPS) is 10.3. The average molecular weight is 458 g/mol. The summed E-state index contributed by atoms with van der Waals surface area (Å²) in [5, 5.41) is 25.8. The standard InChI is InChI=1S/C19H13Cl2N7O3/c1-9-5-15(25-10(2)24-9)27-18-17(28(30)31)14(3-4-23-18)26-19(29)16-12(20)6-11(8-22)7-13(16)21/h3-7H,1-2H3,(H2,23,24,25,26,27,29). The van der Waals surface area contributed by atoms with Crippen LogP contribution in [0.15, 0.2) is 30.5 Å². The second-order valence-electron chi connectivity index (χ2n) is 6.26. The third-order valence-electron chi connectivity index (χ3n) is 3.97. The molecule has 0 aliphatic carbocycles. The summed E-state index contributed by atoms with van der Waals surface area (Å²) in [6.07, 6.45) is 1.29. The first-order chi connectivity index (χ1) is 14.7. The molecule has 2 aromatic heterocycles. The van der Waals surface area contributed by atoms with Crippen LogP contribution in [-0.4, -0.2) is 25.8 Å². The van der Waals surface area contributed by atoms with Gasteiger partial charge in [-0.05, 0) is 32.0 Å². The van der Waals surface area contributed by atoms with Gasteiger partial charge >= 0.3 is 5.69 Å². The number of nitrogens with zero attached hydrogens (tertiary/aromatic N) is 5. The van der Waals surface area contributed by atoms with Gasteiger partial charge in [0.25, 0.3) is 5.91 Å². The minimum Gasteiger partial charge on any atom is -0.319 e. The number of anilines is 3. The summed E-state index contributed by atoms with van der Waals surface area (Å²) < 4.78 is 0. The van der Waals surface area contributed by atoms with Crippen molar-refractivity contribution in [3.05, 3.63) is 73.3 Å². The number of halogens is 2. The summed E-state index contributed by atoms with van der Waals surface area (Å²) in [7, 11) is 0. The molecule has 12 heteroatoms. The van der Waals surface area contributed by atoms with Gasteiger partial charge in [0, 0.05) is 18.0 Å². The molecule has 10 nitrogen and oxygen atoms in total. The lowest BCUT2D eigenvalue weighted by atomic mass is 10.1. The van der Waals surface area contributed by atoms with E-state index in [-0.39, 0.29) is 32.7 Å². The molecule has 1 amide bonds. The van der Waals surface area contributed by atoms with Gasteiger partial charge in [0.05, 0.1) is 32.2 Å². The maximum atomic E-state index is 12.7. The Kier molecular flexibility index (Phi) is 6.29. The first-order valence-corrected chi connectivity index (χ1v) is 9.38. The van der Waals surface area contributed by atoms with E-state index >= 15 is 0 Å². The van der Waals surface area contributed by atoms with Crippen molar-refractivity contribution in [2.45, 2.75) is 13.8 Å². The van der Waals surface area contributed by atoms with Crippen molar-refractivity contribution >= 4 is 52.1 Å². The molecule has 2 heterocycles. The molecule has 3 rings (SSSR count). The summed E-state index contributed by atoms with van der Waals surface area (Å²) >= 11 is 12.2. The summed E-state index contributed by atoms with van der Waals surface area (Å²) in [5.74, 6) is -0.132. The largest absolute Gasteiger partial charge is 0.335 e. The van der Waals surface area contributed by atoms with Crippen LogP contribution in [0.25, 0.3) is 0 Å². The Labute approximate surface area is 186 Å². The zero-order valence-corrected chi connectivity index (χ0v) is 17.6. The van der Waals surface area contributed by atoms with Crippen LogP contribution in [0.2, 0.25) is 10.0 Å². The number of benzene rings is 1. The van der Waals surface area contributed by atoms with Crippen molar-refractivity contribution in [2.24, 2.45) is 0 Å². The van der Waals surface area contributed by atoms with Gasteiger partial charge in [-0.2, -0.15) is 5.26 Å². The Balaban J connectivity index is 1.99. The molecule has 3 aromatic rings. The number of aryl methyl sites for hydroxylation is 2. The smallest absolute Gasteiger partial charge is 0.319 e. The quantitative estimate of drug-likeness (QED) is 0.417. The molecule has 0 aliphatic heterocycles. The Morgan fingerprint density at radius 3 is 2.45 bits per heavy atom. The van der Waals surface area contributed by atoms with Crippen molar-refractivity contribution in [2.75, 3.05) is 10.6 Å². The highest BCUT2D eigenvalue weighted by molar-refractivity contribution is 6.40. The van der Waals surface area contributed by atoms with Crippen molar-refractivity contribution < 1.29 is 9.72 Å². The average Bonchev–Trinajstić information content (AvgIpc) is 2.66. The predicted octanol–water partition coefficient (Wildman–Crippen LogP) is 4.57. The number of pyridine rings is 1. The number of rotatable bonds is 5. The zero-order valence-electron chi connectivity index (χ0n) is 16.1. The minimum absolute atomic E-state index is 0.0662. The maximum Gasteiger partial charge on any atom is 0.335 e. The third-order valence-corrected chi connectivity index (χ3v) is 4.56. The SMILES string of the molecule is Cc1cc(Nc2nccc(NC(=O)c3c(Cl)cc(C#N)cc3Cl)c2[N+](=O)[O-])nc(C)n1. The second-order valence-corrected chi connectivity index (χ2v) is 7.07. The van der Waals surface area contributed by atoms with E-state index < -0.39 is 16.5 Å². The molecule has 156 valence electrons. The fourth-order valence-electron chi connectivity index (χ4n) is 2.77. The molecule has 0 aliphatic rings. The Morgan fingerprint density at radius 2 is 1.87 bits per heavy atom. The van der Waals surface area contributed by atoms with Crippen LogP contribution in [0.1, 0.15) is 27.4 Å². The van der Waals surface area contributed by atoms with E-state index in [1.165, 1.54) is 24.4 Å². The lowest BCUT2D eigenvalue weighted by molar-refractivity contribution is -0.383. The topological polar surface area (TPSA) is 147 Å². The van der Waals surface area contributed by atoms with Gasteiger partial charge in [-0.25, -0.2) is 15.0 Å². The molecule has 0 saturated carbocycles. The number of amides is 1. The Hall–Kier alpha value is -3.81. The monoisotopic (exact) mass is 457 g/mol. The number of hydrogen-bond acceptors (Lipinski definition) is 8. The molecule has 0 bridgehead atoms. The van der Waals surface area contributed by atoms with Gasteiger partial charge in [-0.3, -0.25) is 14.9 Å². The predicted molar refractivity (Wildman–Crippen MR) is 115 cm³/mol. The Bertz CT molecular complexity index is 1210. The summed E-state index contributed by atoms with van der Waals surface area (Å²) in [5.41, 5.74) is 0.0951. The van der Waals surface area contributed by atoms with Crippen molar-refractivity contribution in [3.63, 3.8) is 0 Å². The van der Waals surface area contributed by atoms with Crippen LogP contribution < -0.4 is 10.6 Å². The fourth-order valence-corrected chi connectivity index (χ4v) is 3.43. The van der Waals surface area contributed by atoms with Crippen LogP contribution in [0, 0.1) is 35.3 Å². The highest BCUT2D eigenvalue weighted by atomic mass is 35.5. The second kappa shape index (κ2) is 8.91. The molecule has 0 atom stereocenters. The molecular weight excluding hydrogens is 445 g/mol. The molecule has 1 aromatic carbocycles. The molecule has 0 saturated heterocycles.